The largest absolute Gasteiger partial charge is 0.307 e. The van der Waals surface area contributed by atoms with E-state index in [4.69, 9.17) is 0 Å². The Kier molecular flexibility index (Phi) is 3.01. The molecule has 2 aromatic heterocycles. The van der Waals surface area contributed by atoms with E-state index in [9.17, 15) is 9.59 Å². The standard InChI is InChI=1S/C12H11NO2S/c1-9-4-2-6-13(12(9)15)8-10(14)11-5-3-7-16-11/h2-7H,8H2,1H3. The first-order chi connectivity index (χ1) is 7.68. The third kappa shape index (κ3) is 2.12. The highest BCUT2D eigenvalue weighted by molar-refractivity contribution is 7.12. The predicted octanol–water partition coefficient (Wildman–Crippen LogP) is 2.10. The van der Waals surface area contributed by atoms with Gasteiger partial charge in [-0.25, -0.2) is 0 Å². The minimum Gasteiger partial charge on any atom is -0.307 e. The van der Waals surface area contributed by atoms with Gasteiger partial charge < -0.3 is 4.57 Å². The Labute approximate surface area is 97.0 Å². The van der Waals surface area contributed by atoms with E-state index >= 15 is 0 Å². The molecule has 82 valence electrons. The molecular formula is C12H11NO2S. The van der Waals surface area contributed by atoms with Gasteiger partial charge in [-0.05, 0) is 24.4 Å². The van der Waals surface area contributed by atoms with Crippen molar-refractivity contribution >= 4 is 17.1 Å². The summed E-state index contributed by atoms with van der Waals surface area (Å²) in [4.78, 5) is 24.2. The molecule has 3 nitrogen and oxygen atoms in total. The van der Waals surface area contributed by atoms with Crippen LogP contribution in [0.4, 0.5) is 0 Å². The molecule has 0 aliphatic heterocycles. The highest BCUT2D eigenvalue weighted by Crippen LogP contribution is 2.09. The van der Waals surface area contributed by atoms with Crippen molar-refractivity contribution in [1.82, 2.24) is 4.57 Å². The summed E-state index contributed by atoms with van der Waals surface area (Å²) < 4.78 is 1.44. The number of hydrogen-bond acceptors (Lipinski definition) is 3. The van der Waals surface area contributed by atoms with E-state index in [0.717, 1.165) is 0 Å². The van der Waals surface area contributed by atoms with Crippen LogP contribution in [0.25, 0.3) is 0 Å². The summed E-state index contributed by atoms with van der Waals surface area (Å²) in [6.07, 6.45) is 1.64. The van der Waals surface area contributed by atoms with Gasteiger partial charge in [0.1, 0.15) is 0 Å². The number of pyridine rings is 1. The minimum atomic E-state index is -0.104. The molecule has 0 unspecified atom stereocenters. The first-order valence-electron chi connectivity index (χ1n) is 4.91. The van der Waals surface area contributed by atoms with Crippen molar-refractivity contribution in [1.29, 1.82) is 0 Å². The first kappa shape index (κ1) is 10.8. The van der Waals surface area contributed by atoms with Crippen LogP contribution in [0.5, 0.6) is 0 Å². The summed E-state index contributed by atoms with van der Waals surface area (Å²) in [6.45, 7) is 1.86. The average molecular weight is 233 g/mol. The molecule has 2 rings (SSSR count). The van der Waals surface area contributed by atoms with Crippen LogP contribution >= 0.6 is 11.3 Å². The number of rotatable bonds is 3. The number of hydrogen-bond donors (Lipinski definition) is 0. The second-order valence-electron chi connectivity index (χ2n) is 3.52. The van der Waals surface area contributed by atoms with E-state index in [1.165, 1.54) is 15.9 Å². The number of thiophene rings is 1. The summed E-state index contributed by atoms with van der Waals surface area (Å²) in [7, 11) is 0. The fraction of sp³-hybridized carbons (Fsp3) is 0.167. The van der Waals surface area contributed by atoms with Crippen molar-refractivity contribution < 1.29 is 4.79 Å². The molecule has 0 bridgehead atoms. The van der Waals surface area contributed by atoms with Crippen molar-refractivity contribution in [2.75, 3.05) is 0 Å². The lowest BCUT2D eigenvalue weighted by Crippen LogP contribution is -2.24. The number of nitrogens with zero attached hydrogens (tertiary/aromatic N) is 1. The van der Waals surface area contributed by atoms with Gasteiger partial charge in [-0.2, -0.15) is 0 Å². The molecule has 0 fully saturated rings. The van der Waals surface area contributed by atoms with Gasteiger partial charge in [-0.15, -0.1) is 11.3 Å². The highest BCUT2D eigenvalue weighted by atomic mass is 32.1. The van der Waals surface area contributed by atoms with E-state index in [-0.39, 0.29) is 17.9 Å². The summed E-state index contributed by atoms with van der Waals surface area (Å²) in [6, 6.07) is 7.12. The summed E-state index contributed by atoms with van der Waals surface area (Å²) in [5, 5.41) is 1.85. The van der Waals surface area contributed by atoms with E-state index in [0.29, 0.717) is 10.4 Å². The Bertz CT molecular complexity index is 555. The zero-order valence-electron chi connectivity index (χ0n) is 8.84. The van der Waals surface area contributed by atoms with Crippen molar-refractivity contribution in [3.63, 3.8) is 0 Å². The second kappa shape index (κ2) is 4.45. The molecule has 0 aromatic carbocycles. The van der Waals surface area contributed by atoms with Crippen LogP contribution < -0.4 is 5.56 Å². The van der Waals surface area contributed by atoms with Gasteiger partial charge in [-0.1, -0.05) is 12.1 Å². The van der Waals surface area contributed by atoms with Gasteiger partial charge in [-0.3, -0.25) is 9.59 Å². The van der Waals surface area contributed by atoms with Gasteiger partial charge >= 0.3 is 0 Å². The van der Waals surface area contributed by atoms with Crippen molar-refractivity contribution in [3.8, 4) is 0 Å². The molecular weight excluding hydrogens is 222 g/mol. The fourth-order valence-electron chi connectivity index (χ4n) is 1.45. The topological polar surface area (TPSA) is 39.1 Å². The number of carbonyl (C=O) groups excluding carboxylic acids is 1. The predicted molar refractivity (Wildman–Crippen MR) is 64.1 cm³/mol. The molecule has 0 saturated carbocycles. The smallest absolute Gasteiger partial charge is 0.253 e. The molecule has 0 aliphatic carbocycles. The molecule has 16 heavy (non-hydrogen) atoms. The van der Waals surface area contributed by atoms with Crippen LogP contribution in [0.2, 0.25) is 0 Å². The lowest BCUT2D eigenvalue weighted by molar-refractivity contribution is 0.0975. The fourth-order valence-corrected chi connectivity index (χ4v) is 2.11. The quantitative estimate of drug-likeness (QED) is 0.761. The lowest BCUT2D eigenvalue weighted by Gasteiger charge is -2.04. The number of ketones is 1. The van der Waals surface area contributed by atoms with Gasteiger partial charge in [0.2, 0.25) is 0 Å². The van der Waals surface area contributed by atoms with Gasteiger partial charge in [0.05, 0.1) is 11.4 Å². The Hall–Kier alpha value is -1.68. The maximum absolute atomic E-state index is 11.8. The normalized spacial score (nSPS) is 10.3. The SMILES string of the molecule is Cc1cccn(CC(=O)c2cccs2)c1=O. The van der Waals surface area contributed by atoms with Crippen LogP contribution in [0.1, 0.15) is 15.2 Å². The molecule has 0 spiro atoms. The van der Waals surface area contributed by atoms with Crippen LogP contribution in [-0.2, 0) is 6.54 Å². The molecule has 0 amide bonds. The van der Waals surface area contributed by atoms with Crippen LogP contribution in [0.3, 0.4) is 0 Å². The summed E-state index contributed by atoms with van der Waals surface area (Å²) in [5.74, 6) is -0.0253. The molecule has 0 radical (unpaired) electrons. The van der Waals surface area contributed by atoms with E-state index < -0.39 is 0 Å². The second-order valence-corrected chi connectivity index (χ2v) is 4.47. The zero-order chi connectivity index (χ0) is 11.5. The minimum absolute atomic E-state index is 0.0253. The molecule has 4 heteroatoms. The van der Waals surface area contributed by atoms with Gasteiger partial charge in [0.15, 0.2) is 5.78 Å². The maximum Gasteiger partial charge on any atom is 0.253 e. The van der Waals surface area contributed by atoms with Crippen molar-refractivity contribution in [2.45, 2.75) is 13.5 Å². The molecule has 0 saturated heterocycles. The monoisotopic (exact) mass is 233 g/mol. The van der Waals surface area contributed by atoms with Gasteiger partial charge in [0.25, 0.3) is 5.56 Å². The lowest BCUT2D eigenvalue weighted by atomic mass is 10.3. The van der Waals surface area contributed by atoms with E-state index in [1.807, 2.05) is 11.4 Å². The maximum atomic E-state index is 11.8. The number of aryl methyl sites for hydroxylation is 1. The average Bonchev–Trinajstić information content (AvgIpc) is 2.78. The molecule has 2 heterocycles. The molecule has 0 atom stereocenters. The zero-order valence-corrected chi connectivity index (χ0v) is 9.66. The summed E-state index contributed by atoms with van der Waals surface area (Å²) in [5.41, 5.74) is 0.550. The third-order valence-electron chi connectivity index (χ3n) is 2.32. The molecule has 0 aliphatic rings. The molecule has 2 aromatic rings. The molecule has 0 N–H and O–H groups in total. The number of carbonyl (C=O) groups is 1. The van der Waals surface area contributed by atoms with E-state index in [1.54, 1.807) is 31.3 Å². The van der Waals surface area contributed by atoms with Crippen LogP contribution in [0, 0.1) is 6.92 Å². The summed E-state index contributed by atoms with van der Waals surface area (Å²) >= 11 is 1.40. The first-order valence-corrected chi connectivity index (χ1v) is 5.79. The number of aromatic nitrogens is 1. The van der Waals surface area contributed by atoms with Gasteiger partial charge in [0, 0.05) is 11.8 Å². The Balaban J connectivity index is 2.25. The van der Waals surface area contributed by atoms with Crippen LogP contribution in [0.15, 0.2) is 40.6 Å². The third-order valence-corrected chi connectivity index (χ3v) is 3.23. The highest BCUT2D eigenvalue weighted by Gasteiger charge is 2.08. The Morgan fingerprint density at radius 1 is 1.38 bits per heavy atom. The Morgan fingerprint density at radius 2 is 2.19 bits per heavy atom. The van der Waals surface area contributed by atoms with Crippen molar-refractivity contribution in [3.05, 3.63) is 56.6 Å². The van der Waals surface area contributed by atoms with Crippen LogP contribution in [-0.4, -0.2) is 10.4 Å². The number of Topliss-reactive ketones (excluding diaryl/α,β-unsaturated/α-hetero) is 1. The van der Waals surface area contributed by atoms with E-state index in [2.05, 4.69) is 0 Å². The Morgan fingerprint density at radius 3 is 2.88 bits per heavy atom. The van der Waals surface area contributed by atoms with Crippen molar-refractivity contribution in [2.24, 2.45) is 0 Å².